The molecule has 0 aliphatic carbocycles. The number of carboxylic acids is 1. The highest BCUT2D eigenvalue weighted by atomic mass is 32.1. The largest absolute Gasteiger partial charge is 0.476 e. The lowest BCUT2D eigenvalue weighted by Gasteiger charge is -1.85. The molecule has 0 aromatic carbocycles. The second-order valence-electron chi connectivity index (χ2n) is 2.01. The normalized spacial score (nSPS) is 8.62. The number of carbonyl (C=O) groups excluding carboxylic acids is 1. The lowest BCUT2D eigenvalue weighted by Crippen LogP contribution is -1.98. The van der Waals surface area contributed by atoms with Gasteiger partial charge in [0.05, 0.1) is 11.9 Å². The van der Waals surface area contributed by atoms with E-state index in [0.717, 1.165) is 11.3 Å². The summed E-state index contributed by atoms with van der Waals surface area (Å²) >= 11 is 1.15. The van der Waals surface area contributed by atoms with E-state index in [4.69, 9.17) is 5.11 Å². The highest BCUT2D eigenvalue weighted by Crippen LogP contribution is 2.11. The van der Waals surface area contributed by atoms with Crippen molar-refractivity contribution in [3.8, 4) is 11.8 Å². The van der Waals surface area contributed by atoms with Gasteiger partial charge in [-0.15, -0.1) is 11.3 Å². The van der Waals surface area contributed by atoms with Crippen molar-refractivity contribution in [2.45, 2.75) is 6.42 Å². The van der Waals surface area contributed by atoms with Gasteiger partial charge in [-0.1, -0.05) is 11.8 Å². The van der Waals surface area contributed by atoms with Crippen LogP contribution in [0.3, 0.4) is 0 Å². The Kier molecular flexibility index (Phi) is 3.17. The Balaban J connectivity index is 2.90. The third-order valence-electron chi connectivity index (χ3n) is 1.16. The Labute approximate surface area is 78.2 Å². The number of nitrogens with zero attached hydrogens (tertiary/aromatic N) is 1. The molecule has 0 amide bonds. The van der Waals surface area contributed by atoms with Crippen LogP contribution >= 0.6 is 11.3 Å². The van der Waals surface area contributed by atoms with Gasteiger partial charge in [0.2, 0.25) is 0 Å². The van der Waals surface area contributed by atoms with Gasteiger partial charge in [-0.05, 0) is 0 Å². The number of hydrogen-bond acceptors (Lipinski definition) is 4. The SMILES string of the molecule is O=CCC#Cc1scnc1C(=O)O. The van der Waals surface area contributed by atoms with Crippen molar-refractivity contribution in [2.24, 2.45) is 0 Å². The molecule has 0 aliphatic rings. The summed E-state index contributed by atoms with van der Waals surface area (Å²) in [6.07, 6.45) is 0.769. The van der Waals surface area contributed by atoms with E-state index in [0.29, 0.717) is 11.2 Å². The lowest BCUT2D eigenvalue weighted by atomic mass is 10.3. The summed E-state index contributed by atoms with van der Waals surface area (Å²) in [5, 5.41) is 8.62. The second-order valence-corrected chi connectivity index (χ2v) is 2.86. The predicted molar refractivity (Wildman–Crippen MR) is 46.6 cm³/mol. The van der Waals surface area contributed by atoms with E-state index in [-0.39, 0.29) is 12.1 Å². The van der Waals surface area contributed by atoms with Crippen LogP contribution in [0.15, 0.2) is 5.51 Å². The third kappa shape index (κ3) is 2.39. The topological polar surface area (TPSA) is 67.3 Å². The van der Waals surface area contributed by atoms with Crippen molar-refractivity contribution < 1.29 is 14.7 Å². The monoisotopic (exact) mass is 195 g/mol. The maximum atomic E-state index is 10.5. The molecule has 1 rings (SSSR count). The molecule has 0 atom stereocenters. The van der Waals surface area contributed by atoms with E-state index in [1.54, 1.807) is 0 Å². The summed E-state index contributed by atoms with van der Waals surface area (Å²) in [5.74, 6) is 3.99. The number of rotatable bonds is 2. The van der Waals surface area contributed by atoms with Crippen LogP contribution < -0.4 is 0 Å². The number of aldehydes is 1. The van der Waals surface area contributed by atoms with Crippen molar-refractivity contribution in [1.29, 1.82) is 0 Å². The number of aromatic nitrogens is 1. The predicted octanol–water partition coefficient (Wildman–Crippen LogP) is 0.782. The van der Waals surface area contributed by atoms with Crippen LogP contribution in [0.25, 0.3) is 0 Å². The van der Waals surface area contributed by atoms with Gasteiger partial charge in [0.1, 0.15) is 11.2 Å². The minimum absolute atomic E-state index is 0.0524. The van der Waals surface area contributed by atoms with Crippen molar-refractivity contribution in [2.75, 3.05) is 0 Å². The number of carboxylic acid groups (broad SMARTS) is 1. The number of hydrogen-bond donors (Lipinski definition) is 1. The summed E-state index contributed by atoms with van der Waals surface area (Å²) < 4.78 is 0. The summed E-state index contributed by atoms with van der Waals surface area (Å²) in [6.45, 7) is 0. The average molecular weight is 195 g/mol. The summed E-state index contributed by atoms with van der Waals surface area (Å²) in [6, 6.07) is 0. The molecule has 5 heteroatoms. The second kappa shape index (κ2) is 4.38. The fraction of sp³-hybridized carbons (Fsp3) is 0.125. The average Bonchev–Trinajstić information content (AvgIpc) is 2.53. The first-order chi connectivity index (χ1) is 6.25. The zero-order chi connectivity index (χ0) is 9.68. The van der Waals surface area contributed by atoms with Gasteiger partial charge in [0.25, 0.3) is 0 Å². The molecule has 0 spiro atoms. The van der Waals surface area contributed by atoms with Crippen LogP contribution in [0, 0.1) is 11.8 Å². The van der Waals surface area contributed by atoms with Gasteiger partial charge in [-0.2, -0.15) is 0 Å². The van der Waals surface area contributed by atoms with Gasteiger partial charge in [-0.3, -0.25) is 0 Å². The van der Waals surface area contributed by atoms with E-state index in [2.05, 4.69) is 16.8 Å². The first kappa shape index (κ1) is 9.42. The van der Waals surface area contributed by atoms with Gasteiger partial charge in [0.15, 0.2) is 5.69 Å². The Hall–Kier alpha value is -1.67. The third-order valence-corrected chi connectivity index (χ3v) is 1.90. The molecule has 1 heterocycles. The molecule has 1 aromatic heterocycles. The van der Waals surface area contributed by atoms with Crippen LogP contribution in [-0.4, -0.2) is 22.3 Å². The summed E-state index contributed by atoms with van der Waals surface area (Å²) in [5.41, 5.74) is 1.36. The first-order valence-corrected chi connectivity index (χ1v) is 4.23. The molecule has 0 saturated carbocycles. The molecular formula is C8H5NO3S. The molecule has 0 fully saturated rings. The number of aromatic carboxylic acids is 1. The zero-order valence-corrected chi connectivity index (χ0v) is 7.30. The lowest BCUT2D eigenvalue weighted by molar-refractivity contribution is -0.107. The van der Waals surface area contributed by atoms with Crippen molar-refractivity contribution >= 4 is 23.6 Å². The van der Waals surface area contributed by atoms with Crippen molar-refractivity contribution in [1.82, 2.24) is 4.98 Å². The molecular weight excluding hydrogens is 190 g/mol. The minimum atomic E-state index is -1.10. The van der Waals surface area contributed by atoms with Crippen LogP contribution in [0.1, 0.15) is 21.8 Å². The van der Waals surface area contributed by atoms with Crippen molar-refractivity contribution in [3.63, 3.8) is 0 Å². The molecule has 13 heavy (non-hydrogen) atoms. The summed E-state index contributed by atoms with van der Waals surface area (Å²) in [4.78, 5) is 24.4. The molecule has 0 bridgehead atoms. The van der Waals surface area contributed by atoms with Crippen LogP contribution in [0.4, 0.5) is 0 Å². The number of carbonyl (C=O) groups is 2. The Morgan fingerprint density at radius 3 is 3.15 bits per heavy atom. The molecule has 1 aromatic rings. The van der Waals surface area contributed by atoms with Crippen LogP contribution in [-0.2, 0) is 4.79 Å². The summed E-state index contributed by atoms with van der Waals surface area (Å²) in [7, 11) is 0. The van der Waals surface area contributed by atoms with E-state index in [1.165, 1.54) is 5.51 Å². The van der Waals surface area contributed by atoms with Crippen molar-refractivity contribution in [3.05, 3.63) is 16.1 Å². The molecule has 1 N–H and O–H groups in total. The highest BCUT2D eigenvalue weighted by Gasteiger charge is 2.10. The van der Waals surface area contributed by atoms with E-state index in [1.807, 2.05) is 0 Å². The Morgan fingerprint density at radius 1 is 1.77 bits per heavy atom. The van der Waals surface area contributed by atoms with Gasteiger partial charge in [0, 0.05) is 0 Å². The van der Waals surface area contributed by atoms with E-state index < -0.39 is 5.97 Å². The number of thiazole rings is 1. The molecule has 0 saturated heterocycles. The van der Waals surface area contributed by atoms with Crippen LogP contribution in [0.2, 0.25) is 0 Å². The minimum Gasteiger partial charge on any atom is -0.476 e. The standard InChI is InChI=1S/C8H5NO3S/c10-4-2-1-3-6-7(8(11)12)9-5-13-6/h4-5H,2H2,(H,11,12). The van der Waals surface area contributed by atoms with Crippen LogP contribution in [0.5, 0.6) is 0 Å². The quantitative estimate of drug-likeness (QED) is 0.559. The highest BCUT2D eigenvalue weighted by molar-refractivity contribution is 7.10. The Bertz CT molecular complexity index is 386. The molecule has 4 nitrogen and oxygen atoms in total. The maximum absolute atomic E-state index is 10.5. The smallest absolute Gasteiger partial charge is 0.356 e. The molecule has 0 radical (unpaired) electrons. The molecule has 66 valence electrons. The first-order valence-electron chi connectivity index (χ1n) is 3.35. The Morgan fingerprint density at radius 2 is 2.54 bits per heavy atom. The van der Waals surface area contributed by atoms with E-state index in [9.17, 15) is 9.59 Å². The van der Waals surface area contributed by atoms with Gasteiger partial charge in [-0.25, -0.2) is 9.78 Å². The fourth-order valence-electron chi connectivity index (χ4n) is 0.660. The van der Waals surface area contributed by atoms with Gasteiger partial charge >= 0.3 is 5.97 Å². The van der Waals surface area contributed by atoms with E-state index >= 15 is 0 Å². The fourth-order valence-corrected chi connectivity index (χ4v) is 1.31. The molecule has 0 aliphatic heterocycles. The van der Waals surface area contributed by atoms with Gasteiger partial charge < -0.3 is 9.90 Å². The maximum Gasteiger partial charge on any atom is 0.356 e. The molecule has 0 unspecified atom stereocenters. The zero-order valence-electron chi connectivity index (χ0n) is 6.48.